The third-order valence-corrected chi connectivity index (χ3v) is 5.69. The first-order valence-corrected chi connectivity index (χ1v) is 9.37. The summed E-state index contributed by atoms with van der Waals surface area (Å²) in [6.07, 6.45) is 7.08. The summed E-state index contributed by atoms with van der Waals surface area (Å²) < 4.78 is 1.90. The van der Waals surface area contributed by atoms with Crippen LogP contribution in [0.15, 0.2) is 18.2 Å². The Bertz CT molecular complexity index is 809. The Kier molecular flexibility index (Phi) is 4.52. The van der Waals surface area contributed by atoms with Gasteiger partial charge < -0.3 is 10.4 Å². The zero-order valence-corrected chi connectivity index (χ0v) is 14.9. The van der Waals surface area contributed by atoms with E-state index in [0.717, 1.165) is 19.5 Å². The molecule has 2 aliphatic rings. The maximum Gasteiger partial charge on any atom is 0.335 e. The molecule has 1 fully saturated rings. The Morgan fingerprint density at radius 2 is 2.08 bits per heavy atom. The summed E-state index contributed by atoms with van der Waals surface area (Å²) in [7, 11) is 0. The van der Waals surface area contributed by atoms with Crippen molar-refractivity contribution in [3.8, 4) is 5.69 Å². The fourth-order valence-corrected chi connectivity index (χ4v) is 4.28. The molecule has 0 atom stereocenters. The molecule has 2 N–H and O–H groups in total. The largest absolute Gasteiger partial charge is 0.478 e. The number of fused-ring (bicyclic) bond motifs is 1. The van der Waals surface area contributed by atoms with Gasteiger partial charge >= 0.3 is 5.97 Å². The number of carboxylic acid groups (broad SMARTS) is 1. The molecule has 0 amide bonds. The Morgan fingerprint density at radius 1 is 1.28 bits per heavy atom. The van der Waals surface area contributed by atoms with E-state index in [-0.39, 0.29) is 5.56 Å². The molecule has 2 heterocycles. The molecule has 0 spiro atoms. The smallest absolute Gasteiger partial charge is 0.335 e. The van der Waals surface area contributed by atoms with E-state index in [2.05, 4.69) is 5.32 Å². The molecule has 1 aliphatic heterocycles. The summed E-state index contributed by atoms with van der Waals surface area (Å²) in [5, 5.41) is 18.2. The van der Waals surface area contributed by atoms with E-state index in [4.69, 9.17) is 16.7 Å². The number of aromatic carboxylic acids is 1. The molecular weight excluding hydrogens is 338 g/mol. The van der Waals surface area contributed by atoms with Crippen molar-refractivity contribution < 1.29 is 9.90 Å². The van der Waals surface area contributed by atoms with Crippen LogP contribution in [0.2, 0.25) is 5.02 Å². The molecule has 0 unspecified atom stereocenters. The van der Waals surface area contributed by atoms with Gasteiger partial charge in [0.2, 0.25) is 0 Å². The monoisotopic (exact) mass is 359 g/mol. The van der Waals surface area contributed by atoms with Crippen molar-refractivity contribution >= 4 is 17.6 Å². The molecule has 2 aromatic rings. The Hall–Kier alpha value is -1.85. The lowest BCUT2D eigenvalue weighted by Crippen LogP contribution is -2.25. The lowest BCUT2D eigenvalue weighted by molar-refractivity contribution is 0.0697. The zero-order valence-electron chi connectivity index (χ0n) is 14.1. The average Bonchev–Trinajstić information content (AvgIpc) is 3.02. The normalized spacial score (nSPS) is 18.1. The molecule has 0 saturated heterocycles. The molecule has 132 valence electrons. The third kappa shape index (κ3) is 3.07. The highest BCUT2D eigenvalue weighted by molar-refractivity contribution is 6.32. The lowest BCUT2D eigenvalue weighted by Gasteiger charge is -2.22. The quantitative estimate of drug-likeness (QED) is 0.871. The first-order chi connectivity index (χ1) is 12.1. The third-order valence-electron chi connectivity index (χ3n) is 5.37. The van der Waals surface area contributed by atoms with Crippen LogP contribution in [0, 0.1) is 0 Å². The van der Waals surface area contributed by atoms with E-state index in [1.165, 1.54) is 55.1 Å². The highest BCUT2D eigenvalue weighted by Crippen LogP contribution is 2.37. The molecule has 5 nitrogen and oxygen atoms in total. The summed E-state index contributed by atoms with van der Waals surface area (Å²) in [6, 6.07) is 4.81. The fraction of sp³-hybridized carbons (Fsp3) is 0.474. The minimum atomic E-state index is -0.951. The van der Waals surface area contributed by atoms with Crippen LogP contribution in [0.25, 0.3) is 5.69 Å². The molecule has 1 aromatic carbocycles. The summed E-state index contributed by atoms with van der Waals surface area (Å²) in [5.74, 6) is -0.446. The van der Waals surface area contributed by atoms with Gasteiger partial charge in [-0.15, -0.1) is 0 Å². The van der Waals surface area contributed by atoms with Crippen molar-refractivity contribution in [1.29, 1.82) is 0 Å². The summed E-state index contributed by atoms with van der Waals surface area (Å²) in [4.78, 5) is 11.4. The second-order valence-electron chi connectivity index (χ2n) is 6.96. The predicted molar refractivity (Wildman–Crippen MR) is 96.8 cm³/mol. The fourth-order valence-electron chi connectivity index (χ4n) is 4.09. The maximum atomic E-state index is 11.4. The molecule has 0 radical (unpaired) electrons. The van der Waals surface area contributed by atoms with E-state index in [0.29, 0.717) is 16.6 Å². The Balaban J connectivity index is 1.83. The van der Waals surface area contributed by atoms with Gasteiger partial charge in [-0.05, 0) is 31.0 Å². The topological polar surface area (TPSA) is 67.1 Å². The van der Waals surface area contributed by atoms with Crippen molar-refractivity contribution in [3.63, 3.8) is 0 Å². The zero-order chi connectivity index (χ0) is 17.4. The Labute approximate surface area is 152 Å². The van der Waals surface area contributed by atoms with Gasteiger partial charge in [0.25, 0.3) is 0 Å². The van der Waals surface area contributed by atoms with Crippen LogP contribution in [0.3, 0.4) is 0 Å². The molecule has 1 aliphatic carbocycles. The minimum absolute atomic E-state index is 0.233. The van der Waals surface area contributed by atoms with Crippen molar-refractivity contribution in [2.75, 3.05) is 6.54 Å². The first-order valence-electron chi connectivity index (χ1n) is 8.99. The van der Waals surface area contributed by atoms with Gasteiger partial charge in [0.15, 0.2) is 0 Å². The molecule has 1 saturated carbocycles. The number of aromatic nitrogens is 2. The molecule has 6 heteroatoms. The molecule has 1 aromatic heterocycles. The van der Waals surface area contributed by atoms with Crippen LogP contribution in [0.5, 0.6) is 0 Å². The van der Waals surface area contributed by atoms with Crippen molar-refractivity contribution in [1.82, 2.24) is 15.1 Å². The Morgan fingerprint density at radius 3 is 2.84 bits per heavy atom. The molecular formula is C19H22ClN3O2. The summed E-state index contributed by atoms with van der Waals surface area (Å²) in [5.41, 5.74) is 4.54. The van der Waals surface area contributed by atoms with Crippen molar-refractivity contribution in [3.05, 3.63) is 45.7 Å². The molecule has 25 heavy (non-hydrogen) atoms. The highest BCUT2D eigenvalue weighted by atomic mass is 35.5. The van der Waals surface area contributed by atoms with Crippen LogP contribution in [-0.4, -0.2) is 27.4 Å². The van der Waals surface area contributed by atoms with Crippen LogP contribution in [0.4, 0.5) is 0 Å². The standard InChI is InChI=1S/C19H22ClN3O2/c20-15-7-6-13(19(24)25)10-17(15)23-16-8-9-21-11-14(16)18(22-23)12-4-2-1-3-5-12/h6-7,10,12,21H,1-5,8-9,11H2,(H,24,25). The lowest BCUT2D eigenvalue weighted by atomic mass is 9.84. The summed E-state index contributed by atoms with van der Waals surface area (Å²) >= 11 is 6.40. The average molecular weight is 360 g/mol. The second kappa shape index (κ2) is 6.81. The van der Waals surface area contributed by atoms with Crippen LogP contribution in [-0.2, 0) is 13.0 Å². The van der Waals surface area contributed by atoms with Gasteiger partial charge in [-0.3, -0.25) is 0 Å². The number of nitrogens with zero attached hydrogens (tertiary/aromatic N) is 2. The van der Waals surface area contributed by atoms with E-state index in [1.807, 2.05) is 4.68 Å². The number of carbonyl (C=O) groups is 1. The first kappa shape index (κ1) is 16.6. The number of rotatable bonds is 3. The van der Waals surface area contributed by atoms with Crippen LogP contribution >= 0.6 is 11.6 Å². The van der Waals surface area contributed by atoms with Gasteiger partial charge in [-0.1, -0.05) is 30.9 Å². The molecule has 0 bridgehead atoms. The number of hydrogen-bond acceptors (Lipinski definition) is 3. The number of halogens is 1. The van der Waals surface area contributed by atoms with Gasteiger partial charge in [0.05, 0.1) is 27.7 Å². The highest BCUT2D eigenvalue weighted by Gasteiger charge is 2.28. The van der Waals surface area contributed by atoms with Gasteiger partial charge in [-0.2, -0.15) is 5.10 Å². The van der Waals surface area contributed by atoms with Crippen molar-refractivity contribution in [2.24, 2.45) is 0 Å². The summed E-state index contributed by atoms with van der Waals surface area (Å²) in [6.45, 7) is 1.73. The number of nitrogens with one attached hydrogen (secondary N) is 1. The van der Waals surface area contributed by atoms with E-state index >= 15 is 0 Å². The van der Waals surface area contributed by atoms with Crippen LogP contribution < -0.4 is 5.32 Å². The number of benzene rings is 1. The van der Waals surface area contributed by atoms with E-state index in [1.54, 1.807) is 12.1 Å². The van der Waals surface area contributed by atoms with Gasteiger partial charge in [0.1, 0.15) is 0 Å². The van der Waals surface area contributed by atoms with Gasteiger partial charge in [0, 0.05) is 31.0 Å². The van der Waals surface area contributed by atoms with Gasteiger partial charge in [-0.25, -0.2) is 9.48 Å². The van der Waals surface area contributed by atoms with Crippen molar-refractivity contribution in [2.45, 2.75) is 51.0 Å². The number of hydrogen-bond donors (Lipinski definition) is 2. The minimum Gasteiger partial charge on any atom is -0.478 e. The second-order valence-corrected chi connectivity index (χ2v) is 7.36. The number of carboxylic acids is 1. The van der Waals surface area contributed by atoms with Crippen LogP contribution in [0.1, 0.15) is 65.3 Å². The molecule has 4 rings (SSSR count). The maximum absolute atomic E-state index is 11.4. The van der Waals surface area contributed by atoms with E-state index < -0.39 is 5.97 Å². The van der Waals surface area contributed by atoms with E-state index in [9.17, 15) is 9.90 Å². The SMILES string of the molecule is O=C(O)c1ccc(Cl)c(-n2nc(C3CCCCC3)c3c2CCNC3)c1. The predicted octanol–water partition coefficient (Wildman–Crippen LogP) is 3.92.